The molecule has 1 aromatic heterocycles. The Kier molecular flexibility index (Phi) is 4.17. The predicted octanol–water partition coefficient (Wildman–Crippen LogP) is 2.18. The SMILES string of the molecule is CNCc1cnccc1N1CCCCCC1. The molecule has 1 aliphatic heterocycles. The molecule has 2 heterocycles. The molecule has 3 heteroatoms. The average Bonchev–Trinajstić information content (AvgIpc) is 2.59. The lowest BCUT2D eigenvalue weighted by Gasteiger charge is -2.25. The minimum absolute atomic E-state index is 0.902. The van der Waals surface area contributed by atoms with Crippen molar-refractivity contribution in [2.24, 2.45) is 0 Å². The van der Waals surface area contributed by atoms with Crippen LogP contribution in [0.2, 0.25) is 0 Å². The largest absolute Gasteiger partial charge is 0.371 e. The monoisotopic (exact) mass is 219 g/mol. The van der Waals surface area contributed by atoms with Crippen molar-refractivity contribution >= 4 is 5.69 Å². The van der Waals surface area contributed by atoms with E-state index in [0.717, 1.165) is 6.54 Å². The number of nitrogens with one attached hydrogen (secondary N) is 1. The lowest BCUT2D eigenvalue weighted by atomic mass is 10.2. The van der Waals surface area contributed by atoms with Gasteiger partial charge in [-0.25, -0.2) is 0 Å². The van der Waals surface area contributed by atoms with Crippen molar-refractivity contribution in [1.29, 1.82) is 0 Å². The molecule has 1 aliphatic rings. The van der Waals surface area contributed by atoms with E-state index in [4.69, 9.17) is 0 Å². The molecule has 0 aromatic carbocycles. The molecule has 3 nitrogen and oxygen atoms in total. The van der Waals surface area contributed by atoms with Crippen molar-refractivity contribution < 1.29 is 0 Å². The first-order chi connectivity index (χ1) is 7.92. The quantitative estimate of drug-likeness (QED) is 0.844. The molecule has 0 bridgehead atoms. The standard InChI is InChI=1S/C13H21N3/c1-14-10-12-11-15-7-6-13(12)16-8-4-2-3-5-9-16/h6-7,11,14H,2-5,8-10H2,1H3. The molecule has 1 fully saturated rings. The first-order valence-corrected chi connectivity index (χ1v) is 6.24. The van der Waals surface area contributed by atoms with Crippen LogP contribution < -0.4 is 10.2 Å². The first kappa shape index (κ1) is 11.4. The number of pyridine rings is 1. The van der Waals surface area contributed by atoms with E-state index in [0.29, 0.717) is 0 Å². The van der Waals surface area contributed by atoms with Crippen LogP contribution in [0.25, 0.3) is 0 Å². The maximum Gasteiger partial charge on any atom is 0.0442 e. The van der Waals surface area contributed by atoms with Gasteiger partial charge in [0.25, 0.3) is 0 Å². The van der Waals surface area contributed by atoms with Crippen LogP contribution in [0.1, 0.15) is 31.2 Å². The molecule has 0 unspecified atom stereocenters. The number of rotatable bonds is 3. The summed E-state index contributed by atoms with van der Waals surface area (Å²) in [5, 5.41) is 3.21. The van der Waals surface area contributed by atoms with Crippen LogP contribution in [0.4, 0.5) is 5.69 Å². The van der Waals surface area contributed by atoms with E-state index in [1.807, 2.05) is 19.4 Å². The Bertz CT molecular complexity index is 317. The van der Waals surface area contributed by atoms with Crippen molar-refractivity contribution in [2.75, 3.05) is 25.0 Å². The highest BCUT2D eigenvalue weighted by Crippen LogP contribution is 2.22. The summed E-state index contributed by atoms with van der Waals surface area (Å²) in [6.45, 7) is 3.29. The maximum absolute atomic E-state index is 4.22. The molecule has 0 saturated carbocycles. The molecule has 0 amide bonds. The summed E-state index contributed by atoms with van der Waals surface area (Å²) < 4.78 is 0. The lowest BCUT2D eigenvalue weighted by molar-refractivity contribution is 0.726. The van der Waals surface area contributed by atoms with Crippen molar-refractivity contribution in [3.05, 3.63) is 24.0 Å². The van der Waals surface area contributed by atoms with E-state index in [2.05, 4.69) is 21.3 Å². The molecule has 1 aromatic rings. The molecule has 1 N–H and O–H groups in total. The van der Waals surface area contributed by atoms with E-state index in [1.165, 1.54) is 50.0 Å². The minimum atomic E-state index is 0.902. The summed E-state index contributed by atoms with van der Waals surface area (Å²) in [5.41, 5.74) is 2.68. The van der Waals surface area contributed by atoms with Crippen LogP contribution >= 0.6 is 0 Å². The summed E-state index contributed by atoms with van der Waals surface area (Å²) in [7, 11) is 1.99. The van der Waals surface area contributed by atoms with Gasteiger partial charge < -0.3 is 10.2 Å². The van der Waals surface area contributed by atoms with E-state index >= 15 is 0 Å². The van der Waals surface area contributed by atoms with Gasteiger partial charge in [-0.3, -0.25) is 4.98 Å². The van der Waals surface area contributed by atoms with Crippen LogP contribution in [-0.2, 0) is 6.54 Å². The highest BCUT2D eigenvalue weighted by molar-refractivity contribution is 5.52. The highest BCUT2D eigenvalue weighted by Gasteiger charge is 2.12. The molecule has 16 heavy (non-hydrogen) atoms. The van der Waals surface area contributed by atoms with E-state index in [1.54, 1.807) is 0 Å². The van der Waals surface area contributed by atoms with Gasteiger partial charge in [0.15, 0.2) is 0 Å². The molecule has 2 rings (SSSR count). The van der Waals surface area contributed by atoms with Crippen molar-refractivity contribution in [3.63, 3.8) is 0 Å². The second-order valence-corrected chi connectivity index (χ2v) is 4.44. The van der Waals surface area contributed by atoms with Crippen molar-refractivity contribution in [3.8, 4) is 0 Å². The van der Waals surface area contributed by atoms with Crippen LogP contribution in [0.3, 0.4) is 0 Å². The Balaban J connectivity index is 2.16. The molecule has 1 saturated heterocycles. The Morgan fingerprint density at radius 2 is 2.00 bits per heavy atom. The average molecular weight is 219 g/mol. The third kappa shape index (κ3) is 2.73. The van der Waals surface area contributed by atoms with Gasteiger partial charge in [-0.05, 0) is 26.0 Å². The summed E-state index contributed by atoms with van der Waals surface area (Å²) in [6.07, 6.45) is 9.28. The van der Waals surface area contributed by atoms with E-state index < -0.39 is 0 Å². The molecule has 0 spiro atoms. The summed E-state index contributed by atoms with van der Waals surface area (Å²) >= 11 is 0. The fourth-order valence-corrected chi connectivity index (χ4v) is 2.37. The summed E-state index contributed by atoms with van der Waals surface area (Å²) in [4.78, 5) is 6.73. The Labute approximate surface area is 97.9 Å². The number of hydrogen-bond acceptors (Lipinski definition) is 3. The summed E-state index contributed by atoms with van der Waals surface area (Å²) in [6, 6.07) is 2.15. The number of anilines is 1. The van der Waals surface area contributed by atoms with Crippen LogP contribution in [-0.4, -0.2) is 25.1 Å². The second kappa shape index (κ2) is 5.85. The maximum atomic E-state index is 4.22. The fourth-order valence-electron chi connectivity index (χ4n) is 2.37. The second-order valence-electron chi connectivity index (χ2n) is 4.44. The van der Waals surface area contributed by atoms with Gasteiger partial charge >= 0.3 is 0 Å². The predicted molar refractivity (Wildman–Crippen MR) is 67.7 cm³/mol. The minimum Gasteiger partial charge on any atom is -0.371 e. The van der Waals surface area contributed by atoms with Crippen molar-refractivity contribution in [1.82, 2.24) is 10.3 Å². The van der Waals surface area contributed by atoms with Gasteiger partial charge in [0.1, 0.15) is 0 Å². The third-order valence-corrected chi connectivity index (χ3v) is 3.19. The molecule has 88 valence electrons. The van der Waals surface area contributed by atoms with Gasteiger partial charge in [-0.15, -0.1) is 0 Å². The first-order valence-electron chi connectivity index (χ1n) is 6.24. The number of hydrogen-bond donors (Lipinski definition) is 1. The normalized spacial score (nSPS) is 17.2. The Morgan fingerprint density at radius 3 is 2.69 bits per heavy atom. The molecule has 0 radical (unpaired) electrons. The lowest BCUT2D eigenvalue weighted by Crippen LogP contribution is -2.25. The number of nitrogens with zero attached hydrogens (tertiary/aromatic N) is 2. The van der Waals surface area contributed by atoms with Gasteiger partial charge in [0, 0.05) is 43.3 Å². The zero-order valence-corrected chi connectivity index (χ0v) is 10.1. The van der Waals surface area contributed by atoms with Gasteiger partial charge in [-0.2, -0.15) is 0 Å². The molecule has 0 aliphatic carbocycles. The Hall–Kier alpha value is -1.09. The van der Waals surface area contributed by atoms with Crippen LogP contribution in [0, 0.1) is 0 Å². The summed E-state index contributed by atoms with van der Waals surface area (Å²) in [5.74, 6) is 0. The van der Waals surface area contributed by atoms with E-state index in [9.17, 15) is 0 Å². The fraction of sp³-hybridized carbons (Fsp3) is 0.615. The third-order valence-electron chi connectivity index (χ3n) is 3.19. The number of aromatic nitrogens is 1. The smallest absolute Gasteiger partial charge is 0.0442 e. The van der Waals surface area contributed by atoms with E-state index in [-0.39, 0.29) is 0 Å². The highest BCUT2D eigenvalue weighted by atomic mass is 15.1. The molecular weight excluding hydrogens is 198 g/mol. The zero-order chi connectivity index (χ0) is 11.2. The van der Waals surface area contributed by atoms with Gasteiger partial charge in [0.2, 0.25) is 0 Å². The molecule has 0 atom stereocenters. The van der Waals surface area contributed by atoms with Crippen LogP contribution in [0.15, 0.2) is 18.5 Å². The van der Waals surface area contributed by atoms with Crippen molar-refractivity contribution in [2.45, 2.75) is 32.2 Å². The van der Waals surface area contributed by atoms with Crippen LogP contribution in [0.5, 0.6) is 0 Å². The Morgan fingerprint density at radius 1 is 1.25 bits per heavy atom. The van der Waals surface area contributed by atoms with Gasteiger partial charge in [0.05, 0.1) is 0 Å². The zero-order valence-electron chi connectivity index (χ0n) is 10.1. The van der Waals surface area contributed by atoms with Gasteiger partial charge in [-0.1, -0.05) is 12.8 Å². The molecular formula is C13H21N3. The topological polar surface area (TPSA) is 28.2 Å².